The van der Waals surface area contributed by atoms with Crippen molar-refractivity contribution >= 4 is 23.2 Å². The maximum atomic E-state index is 6.10. The van der Waals surface area contributed by atoms with Crippen molar-refractivity contribution < 1.29 is 4.74 Å². The van der Waals surface area contributed by atoms with Gasteiger partial charge < -0.3 is 10.5 Å². The fourth-order valence-corrected chi connectivity index (χ4v) is 2.30. The molecule has 1 aromatic rings. The van der Waals surface area contributed by atoms with Gasteiger partial charge in [0.05, 0.1) is 22.2 Å². The first-order valence-corrected chi connectivity index (χ1v) is 5.77. The minimum Gasteiger partial charge on any atom is -0.376 e. The van der Waals surface area contributed by atoms with Crippen LogP contribution in [0.1, 0.15) is 24.4 Å². The van der Waals surface area contributed by atoms with E-state index in [2.05, 4.69) is 0 Å². The van der Waals surface area contributed by atoms with Crippen molar-refractivity contribution in [2.75, 3.05) is 6.61 Å². The van der Waals surface area contributed by atoms with Crippen LogP contribution in [0.4, 0.5) is 0 Å². The zero-order chi connectivity index (χ0) is 10.8. The molecule has 1 saturated heterocycles. The molecule has 0 amide bonds. The Labute approximate surface area is 99.3 Å². The number of halogens is 2. The van der Waals surface area contributed by atoms with E-state index in [0.29, 0.717) is 10.0 Å². The van der Waals surface area contributed by atoms with Crippen molar-refractivity contribution in [2.45, 2.75) is 25.0 Å². The molecule has 1 aliphatic heterocycles. The first kappa shape index (κ1) is 11.2. The topological polar surface area (TPSA) is 35.2 Å². The Morgan fingerprint density at radius 3 is 2.87 bits per heavy atom. The summed E-state index contributed by atoms with van der Waals surface area (Å²) in [6, 6.07) is 5.34. The lowest BCUT2D eigenvalue weighted by atomic mass is 10.0. The van der Waals surface area contributed by atoms with Gasteiger partial charge in [-0.05, 0) is 24.5 Å². The summed E-state index contributed by atoms with van der Waals surface area (Å²) < 4.78 is 5.54. The zero-order valence-corrected chi connectivity index (χ0v) is 9.76. The van der Waals surface area contributed by atoms with E-state index < -0.39 is 0 Å². The summed E-state index contributed by atoms with van der Waals surface area (Å²) in [5.74, 6) is 0. The Morgan fingerprint density at radius 2 is 2.20 bits per heavy atom. The van der Waals surface area contributed by atoms with Gasteiger partial charge in [-0.15, -0.1) is 0 Å². The van der Waals surface area contributed by atoms with E-state index >= 15 is 0 Å². The van der Waals surface area contributed by atoms with E-state index in [1.165, 1.54) is 0 Å². The molecule has 2 nitrogen and oxygen atoms in total. The molecule has 2 N–H and O–H groups in total. The fourth-order valence-electron chi connectivity index (χ4n) is 1.86. The maximum Gasteiger partial charge on any atom is 0.0769 e. The highest BCUT2D eigenvalue weighted by molar-refractivity contribution is 6.42. The van der Waals surface area contributed by atoms with Crippen molar-refractivity contribution in [2.24, 2.45) is 5.73 Å². The minimum absolute atomic E-state index is 0.0703. The lowest BCUT2D eigenvalue weighted by Crippen LogP contribution is -2.25. The van der Waals surface area contributed by atoms with Crippen LogP contribution < -0.4 is 5.73 Å². The molecular weight excluding hydrogens is 233 g/mol. The van der Waals surface area contributed by atoms with E-state index in [1.54, 1.807) is 6.07 Å². The second-order valence-corrected chi connectivity index (χ2v) is 4.51. The van der Waals surface area contributed by atoms with Crippen LogP contribution in [-0.4, -0.2) is 12.7 Å². The number of nitrogens with two attached hydrogens (primary N) is 1. The molecule has 1 aliphatic rings. The molecule has 1 fully saturated rings. The molecule has 4 heteroatoms. The Morgan fingerprint density at radius 1 is 1.40 bits per heavy atom. The Hall–Kier alpha value is -0.280. The molecular formula is C11H13Cl2NO. The molecule has 0 spiro atoms. The van der Waals surface area contributed by atoms with E-state index in [-0.39, 0.29) is 12.1 Å². The molecule has 2 rings (SSSR count). The lowest BCUT2D eigenvalue weighted by molar-refractivity contribution is 0.0901. The fraction of sp³-hybridized carbons (Fsp3) is 0.455. The Kier molecular flexibility index (Phi) is 3.52. The van der Waals surface area contributed by atoms with Gasteiger partial charge in [0.15, 0.2) is 0 Å². The van der Waals surface area contributed by atoms with E-state index in [4.69, 9.17) is 33.7 Å². The van der Waals surface area contributed by atoms with Crippen molar-refractivity contribution in [3.05, 3.63) is 33.8 Å². The highest BCUT2D eigenvalue weighted by Gasteiger charge is 2.26. The van der Waals surface area contributed by atoms with Crippen LogP contribution in [0.3, 0.4) is 0 Å². The molecule has 0 aromatic heterocycles. The van der Waals surface area contributed by atoms with Crippen LogP contribution in [0.15, 0.2) is 18.2 Å². The van der Waals surface area contributed by atoms with Crippen LogP contribution in [0.5, 0.6) is 0 Å². The average molecular weight is 246 g/mol. The number of hydrogen-bond acceptors (Lipinski definition) is 2. The smallest absolute Gasteiger partial charge is 0.0769 e. The molecule has 1 heterocycles. The van der Waals surface area contributed by atoms with Crippen molar-refractivity contribution in [1.82, 2.24) is 0 Å². The maximum absolute atomic E-state index is 6.10. The third-order valence-corrected chi connectivity index (χ3v) is 3.54. The Balaban J connectivity index is 2.24. The Bertz CT molecular complexity index is 350. The van der Waals surface area contributed by atoms with Crippen LogP contribution in [-0.2, 0) is 4.74 Å². The number of hydrogen-bond donors (Lipinski definition) is 1. The molecule has 0 radical (unpaired) electrons. The first-order valence-electron chi connectivity index (χ1n) is 5.01. The monoisotopic (exact) mass is 245 g/mol. The van der Waals surface area contributed by atoms with Gasteiger partial charge in [-0.2, -0.15) is 0 Å². The van der Waals surface area contributed by atoms with Gasteiger partial charge in [0, 0.05) is 6.61 Å². The summed E-state index contributed by atoms with van der Waals surface area (Å²) in [5.41, 5.74) is 6.97. The standard InChI is InChI=1S/C11H13Cl2NO/c12-8-4-1-3-7(10(8)13)11(14)9-5-2-6-15-9/h1,3-4,9,11H,2,5-6,14H2. The summed E-state index contributed by atoms with van der Waals surface area (Å²) in [7, 11) is 0. The number of ether oxygens (including phenoxy) is 1. The van der Waals surface area contributed by atoms with Crippen molar-refractivity contribution in [3.63, 3.8) is 0 Å². The van der Waals surface area contributed by atoms with Gasteiger partial charge in [-0.1, -0.05) is 35.3 Å². The van der Waals surface area contributed by atoms with Crippen LogP contribution in [0.25, 0.3) is 0 Å². The van der Waals surface area contributed by atoms with Crippen LogP contribution in [0.2, 0.25) is 10.0 Å². The quantitative estimate of drug-likeness (QED) is 0.869. The molecule has 0 saturated carbocycles. The summed E-state index contributed by atoms with van der Waals surface area (Å²) in [4.78, 5) is 0. The van der Waals surface area contributed by atoms with Crippen LogP contribution in [0, 0.1) is 0 Å². The average Bonchev–Trinajstić information content (AvgIpc) is 2.74. The predicted molar refractivity (Wildman–Crippen MR) is 62.4 cm³/mol. The predicted octanol–water partition coefficient (Wildman–Crippen LogP) is 3.17. The van der Waals surface area contributed by atoms with Gasteiger partial charge in [-0.3, -0.25) is 0 Å². The summed E-state index contributed by atoms with van der Waals surface area (Å²) in [5, 5.41) is 1.09. The van der Waals surface area contributed by atoms with Gasteiger partial charge in [0.1, 0.15) is 0 Å². The highest BCUT2D eigenvalue weighted by Crippen LogP contribution is 2.33. The molecule has 82 valence electrons. The van der Waals surface area contributed by atoms with Crippen molar-refractivity contribution in [3.8, 4) is 0 Å². The van der Waals surface area contributed by atoms with Crippen molar-refractivity contribution in [1.29, 1.82) is 0 Å². The SMILES string of the molecule is NC(c1cccc(Cl)c1Cl)C1CCCO1. The lowest BCUT2D eigenvalue weighted by Gasteiger charge is -2.20. The normalized spacial score (nSPS) is 23.0. The second kappa shape index (κ2) is 4.71. The van der Waals surface area contributed by atoms with E-state index in [0.717, 1.165) is 25.0 Å². The third-order valence-electron chi connectivity index (χ3n) is 2.71. The van der Waals surface area contributed by atoms with Gasteiger partial charge in [-0.25, -0.2) is 0 Å². The van der Waals surface area contributed by atoms with Gasteiger partial charge in [0.25, 0.3) is 0 Å². The molecule has 2 atom stereocenters. The largest absolute Gasteiger partial charge is 0.376 e. The van der Waals surface area contributed by atoms with E-state index in [1.807, 2.05) is 12.1 Å². The molecule has 0 bridgehead atoms. The molecule has 0 aliphatic carbocycles. The summed E-state index contributed by atoms with van der Waals surface area (Å²) in [6.45, 7) is 0.788. The highest BCUT2D eigenvalue weighted by atomic mass is 35.5. The first-order chi connectivity index (χ1) is 7.20. The number of rotatable bonds is 2. The summed E-state index contributed by atoms with van der Waals surface area (Å²) in [6.07, 6.45) is 2.13. The van der Waals surface area contributed by atoms with Gasteiger partial charge >= 0.3 is 0 Å². The molecule has 1 aromatic carbocycles. The second-order valence-electron chi connectivity index (χ2n) is 3.72. The summed E-state index contributed by atoms with van der Waals surface area (Å²) >= 11 is 12.0. The molecule has 2 unspecified atom stereocenters. The zero-order valence-electron chi connectivity index (χ0n) is 8.25. The third kappa shape index (κ3) is 2.28. The van der Waals surface area contributed by atoms with Gasteiger partial charge in [0.2, 0.25) is 0 Å². The minimum atomic E-state index is -0.182. The van der Waals surface area contributed by atoms with E-state index in [9.17, 15) is 0 Å². The molecule has 15 heavy (non-hydrogen) atoms. The van der Waals surface area contributed by atoms with Crippen LogP contribution >= 0.6 is 23.2 Å². The number of benzene rings is 1.